The van der Waals surface area contributed by atoms with Crippen LogP contribution in [0.2, 0.25) is 10.0 Å². The minimum atomic E-state index is -1.20. The molecule has 1 saturated heterocycles. The van der Waals surface area contributed by atoms with E-state index in [0.29, 0.717) is 21.3 Å². The standard InChI is InChI=1S/C23H21Cl2N5O3/c1-12-17(13(2)30(29-12)16-7-8-18(24)19(25)10-16)11-20(31)26-15-6-4-5-14(9-15)23(3)21(32)27-22(33)28-23/h4-10H,11H2,1-3H3,(H,26,31)(H2,27,28,32,33). The Morgan fingerprint density at radius 3 is 2.55 bits per heavy atom. The highest BCUT2D eigenvalue weighted by Crippen LogP contribution is 2.28. The number of benzene rings is 2. The number of halogens is 2. The van der Waals surface area contributed by atoms with Crippen molar-refractivity contribution in [1.29, 1.82) is 0 Å². The van der Waals surface area contributed by atoms with Gasteiger partial charge in [-0.1, -0.05) is 35.3 Å². The molecular weight excluding hydrogens is 465 g/mol. The van der Waals surface area contributed by atoms with E-state index in [9.17, 15) is 14.4 Å². The van der Waals surface area contributed by atoms with Gasteiger partial charge in [0.2, 0.25) is 5.91 Å². The molecule has 3 N–H and O–H groups in total. The molecule has 2 aromatic carbocycles. The third kappa shape index (κ3) is 4.31. The molecule has 170 valence electrons. The molecule has 0 radical (unpaired) electrons. The maximum Gasteiger partial charge on any atom is 0.322 e. The minimum absolute atomic E-state index is 0.109. The fraction of sp³-hybridized carbons (Fsp3) is 0.217. The molecule has 1 aliphatic heterocycles. The Kier molecular flexibility index (Phi) is 5.90. The number of hydrogen-bond donors (Lipinski definition) is 3. The molecule has 0 bridgehead atoms. The first kappa shape index (κ1) is 22.8. The largest absolute Gasteiger partial charge is 0.326 e. The SMILES string of the molecule is Cc1nn(-c2ccc(Cl)c(Cl)c2)c(C)c1CC(=O)Nc1cccc(C2(C)NC(=O)NC2=O)c1. The average molecular weight is 486 g/mol. The number of amides is 4. The second-order valence-corrected chi connectivity index (χ2v) is 8.81. The second kappa shape index (κ2) is 8.53. The van der Waals surface area contributed by atoms with Crippen LogP contribution in [0.25, 0.3) is 5.69 Å². The van der Waals surface area contributed by atoms with Crippen molar-refractivity contribution >= 4 is 46.7 Å². The predicted octanol–water partition coefficient (Wildman–Crippen LogP) is 4.03. The molecule has 33 heavy (non-hydrogen) atoms. The Bertz CT molecular complexity index is 1300. The van der Waals surface area contributed by atoms with Gasteiger partial charge in [-0.05, 0) is 56.7 Å². The number of aromatic nitrogens is 2. The molecule has 0 aliphatic carbocycles. The van der Waals surface area contributed by atoms with E-state index < -0.39 is 17.5 Å². The highest BCUT2D eigenvalue weighted by atomic mass is 35.5. The molecule has 4 amide bonds. The molecule has 0 spiro atoms. The number of aryl methyl sites for hydroxylation is 1. The van der Waals surface area contributed by atoms with Crippen molar-refractivity contribution in [1.82, 2.24) is 20.4 Å². The van der Waals surface area contributed by atoms with Gasteiger partial charge in [-0.2, -0.15) is 5.10 Å². The molecule has 1 aliphatic rings. The summed E-state index contributed by atoms with van der Waals surface area (Å²) in [7, 11) is 0. The Balaban J connectivity index is 1.53. The van der Waals surface area contributed by atoms with E-state index in [4.69, 9.17) is 23.2 Å². The van der Waals surface area contributed by atoms with Crippen LogP contribution in [0.3, 0.4) is 0 Å². The number of hydrogen-bond acceptors (Lipinski definition) is 4. The lowest BCUT2D eigenvalue weighted by Gasteiger charge is -2.21. The number of urea groups is 1. The summed E-state index contributed by atoms with van der Waals surface area (Å²) in [5.74, 6) is -0.686. The van der Waals surface area contributed by atoms with Gasteiger partial charge >= 0.3 is 6.03 Å². The summed E-state index contributed by atoms with van der Waals surface area (Å²) in [5.41, 5.74) is 2.95. The molecule has 1 fully saturated rings. The maximum absolute atomic E-state index is 12.8. The fourth-order valence-corrected chi connectivity index (χ4v) is 4.11. The van der Waals surface area contributed by atoms with Crippen LogP contribution >= 0.6 is 23.2 Å². The van der Waals surface area contributed by atoms with E-state index >= 15 is 0 Å². The topological polar surface area (TPSA) is 105 Å². The van der Waals surface area contributed by atoms with Gasteiger partial charge in [0.1, 0.15) is 5.54 Å². The zero-order valence-electron chi connectivity index (χ0n) is 18.1. The molecule has 0 saturated carbocycles. The number of nitrogens with one attached hydrogen (secondary N) is 3. The van der Waals surface area contributed by atoms with Crippen LogP contribution in [0.5, 0.6) is 0 Å². The highest BCUT2D eigenvalue weighted by Gasteiger charge is 2.43. The number of anilines is 1. The van der Waals surface area contributed by atoms with E-state index in [0.717, 1.165) is 22.6 Å². The maximum atomic E-state index is 12.8. The van der Waals surface area contributed by atoms with Crippen molar-refractivity contribution in [2.75, 3.05) is 5.32 Å². The lowest BCUT2D eigenvalue weighted by molar-refractivity contribution is -0.123. The third-order valence-corrected chi connectivity index (χ3v) is 6.43. The van der Waals surface area contributed by atoms with Gasteiger partial charge in [-0.25, -0.2) is 9.48 Å². The fourth-order valence-electron chi connectivity index (χ4n) is 3.82. The first-order chi connectivity index (χ1) is 15.6. The Morgan fingerprint density at radius 2 is 1.88 bits per heavy atom. The van der Waals surface area contributed by atoms with Crippen molar-refractivity contribution in [3.05, 3.63) is 75.0 Å². The highest BCUT2D eigenvalue weighted by molar-refractivity contribution is 6.42. The summed E-state index contributed by atoms with van der Waals surface area (Å²) in [5, 5.41) is 13.1. The summed E-state index contributed by atoms with van der Waals surface area (Å²) in [6, 6.07) is 11.5. The quantitative estimate of drug-likeness (QED) is 0.474. The van der Waals surface area contributed by atoms with Crippen molar-refractivity contribution in [3.8, 4) is 5.69 Å². The number of rotatable bonds is 5. The summed E-state index contributed by atoms with van der Waals surface area (Å²) < 4.78 is 1.73. The molecule has 8 nitrogen and oxygen atoms in total. The van der Waals surface area contributed by atoms with Crippen LogP contribution in [0.1, 0.15) is 29.4 Å². The lowest BCUT2D eigenvalue weighted by Crippen LogP contribution is -2.40. The van der Waals surface area contributed by atoms with E-state index in [2.05, 4.69) is 21.0 Å². The Labute approximate surface area is 200 Å². The number of carbonyl (C=O) groups excluding carboxylic acids is 3. The summed E-state index contributed by atoms with van der Waals surface area (Å²) in [6.07, 6.45) is 0.109. The number of imide groups is 1. The van der Waals surface area contributed by atoms with Crippen LogP contribution in [-0.4, -0.2) is 27.6 Å². The summed E-state index contributed by atoms with van der Waals surface area (Å²) in [4.78, 5) is 36.6. The van der Waals surface area contributed by atoms with Gasteiger partial charge in [0.25, 0.3) is 5.91 Å². The van der Waals surface area contributed by atoms with Gasteiger partial charge in [0.15, 0.2) is 0 Å². The average Bonchev–Trinajstić information content (AvgIpc) is 3.19. The van der Waals surface area contributed by atoms with Crippen LogP contribution in [-0.2, 0) is 21.5 Å². The zero-order chi connectivity index (χ0) is 23.9. The molecule has 3 aromatic rings. The van der Waals surface area contributed by atoms with Crippen LogP contribution in [0.4, 0.5) is 10.5 Å². The smallest absolute Gasteiger partial charge is 0.322 e. The normalized spacial score (nSPS) is 17.6. The number of nitrogens with zero attached hydrogens (tertiary/aromatic N) is 2. The van der Waals surface area contributed by atoms with Crippen molar-refractivity contribution in [3.63, 3.8) is 0 Å². The molecule has 10 heteroatoms. The zero-order valence-corrected chi connectivity index (χ0v) is 19.6. The predicted molar refractivity (Wildman–Crippen MR) is 126 cm³/mol. The first-order valence-corrected chi connectivity index (χ1v) is 10.9. The van der Waals surface area contributed by atoms with Gasteiger partial charge in [0, 0.05) is 16.9 Å². The van der Waals surface area contributed by atoms with Crippen LogP contribution in [0.15, 0.2) is 42.5 Å². The molecule has 2 heterocycles. The van der Waals surface area contributed by atoms with Gasteiger partial charge in [0.05, 0.1) is 27.8 Å². The number of carbonyl (C=O) groups is 3. The summed E-state index contributed by atoms with van der Waals surface area (Å²) >= 11 is 12.1. The van der Waals surface area contributed by atoms with Crippen LogP contribution in [0, 0.1) is 13.8 Å². The summed E-state index contributed by atoms with van der Waals surface area (Å²) in [6.45, 7) is 5.33. The van der Waals surface area contributed by atoms with Gasteiger partial charge in [-0.15, -0.1) is 0 Å². The Hall–Kier alpha value is -3.36. The molecule has 1 aromatic heterocycles. The van der Waals surface area contributed by atoms with E-state index in [1.54, 1.807) is 48.0 Å². The van der Waals surface area contributed by atoms with E-state index in [1.807, 2.05) is 19.9 Å². The van der Waals surface area contributed by atoms with Gasteiger partial charge in [-0.3, -0.25) is 14.9 Å². The molecule has 4 rings (SSSR count). The van der Waals surface area contributed by atoms with E-state index in [1.165, 1.54) is 0 Å². The first-order valence-electron chi connectivity index (χ1n) is 10.1. The van der Waals surface area contributed by atoms with Crippen molar-refractivity contribution < 1.29 is 14.4 Å². The van der Waals surface area contributed by atoms with Crippen LogP contribution < -0.4 is 16.0 Å². The monoisotopic (exact) mass is 485 g/mol. The van der Waals surface area contributed by atoms with Crippen molar-refractivity contribution in [2.24, 2.45) is 0 Å². The van der Waals surface area contributed by atoms with Crippen molar-refractivity contribution in [2.45, 2.75) is 32.7 Å². The molecule has 1 atom stereocenters. The second-order valence-electron chi connectivity index (χ2n) is 8.00. The van der Waals surface area contributed by atoms with E-state index in [-0.39, 0.29) is 12.3 Å². The van der Waals surface area contributed by atoms with Gasteiger partial charge < -0.3 is 10.6 Å². The third-order valence-electron chi connectivity index (χ3n) is 5.69. The molecular formula is C23H21Cl2N5O3. The minimum Gasteiger partial charge on any atom is -0.326 e. The Morgan fingerprint density at radius 1 is 1.12 bits per heavy atom. The lowest BCUT2D eigenvalue weighted by atomic mass is 9.92. The molecule has 1 unspecified atom stereocenters.